The number of halogens is 2. The first kappa shape index (κ1) is 9.45. The standard InChI is InChI=1S/C8H10ClFN2/c9-7-2-1-5(10)3-6(7)8(12)4-11/h1-3,8H,4,11-12H2. The van der Waals surface area contributed by atoms with E-state index in [0.717, 1.165) is 0 Å². The van der Waals surface area contributed by atoms with Crippen molar-refractivity contribution in [3.63, 3.8) is 0 Å². The van der Waals surface area contributed by atoms with Gasteiger partial charge in [0, 0.05) is 17.6 Å². The van der Waals surface area contributed by atoms with E-state index in [-0.39, 0.29) is 12.4 Å². The van der Waals surface area contributed by atoms with Crippen LogP contribution in [0.15, 0.2) is 18.2 Å². The van der Waals surface area contributed by atoms with E-state index >= 15 is 0 Å². The van der Waals surface area contributed by atoms with Gasteiger partial charge in [-0.1, -0.05) is 11.6 Å². The largest absolute Gasteiger partial charge is 0.329 e. The summed E-state index contributed by atoms with van der Waals surface area (Å²) in [7, 11) is 0. The van der Waals surface area contributed by atoms with Crippen LogP contribution in [-0.2, 0) is 0 Å². The number of hydrogen-bond donors (Lipinski definition) is 2. The van der Waals surface area contributed by atoms with Gasteiger partial charge in [0.25, 0.3) is 0 Å². The molecule has 0 aliphatic carbocycles. The Morgan fingerprint density at radius 2 is 2.17 bits per heavy atom. The second-order valence-electron chi connectivity index (χ2n) is 2.51. The van der Waals surface area contributed by atoms with Crippen molar-refractivity contribution in [1.29, 1.82) is 0 Å². The molecule has 66 valence electrons. The third-order valence-corrected chi connectivity index (χ3v) is 1.96. The third-order valence-electron chi connectivity index (χ3n) is 1.61. The van der Waals surface area contributed by atoms with Crippen molar-refractivity contribution < 1.29 is 4.39 Å². The molecule has 0 fully saturated rings. The lowest BCUT2D eigenvalue weighted by atomic mass is 10.1. The molecular weight excluding hydrogens is 179 g/mol. The summed E-state index contributed by atoms with van der Waals surface area (Å²) in [6.07, 6.45) is 0. The lowest BCUT2D eigenvalue weighted by Crippen LogP contribution is -2.21. The Bertz CT molecular complexity index is 278. The summed E-state index contributed by atoms with van der Waals surface area (Å²) >= 11 is 5.77. The topological polar surface area (TPSA) is 52.0 Å². The molecule has 1 aromatic carbocycles. The maximum absolute atomic E-state index is 12.7. The van der Waals surface area contributed by atoms with Gasteiger partial charge in [0.1, 0.15) is 5.82 Å². The monoisotopic (exact) mass is 188 g/mol. The predicted molar refractivity (Wildman–Crippen MR) is 47.4 cm³/mol. The van der Waals surface area contributed by atoms with Gasteiger partial charge in [-0.2, -0.15) is 0 Å². The second-order valence-corrected chi connectivity index (χ2v) is 2.92. The zero-order valence-corrected chi connectivity index (χ0v) is 7.18. The average molecular weight is 189 g/mol. The van der Waals surface area contributed by atoms with E-state index in [1.165, 1.54) is 18.2 Å². The highest BCUT2D eigenvalue weighted by atomic mass is 35.5. The molecule has 2 nitrogen and oxygen atoms in total. The van der Waals surface area contributed by atoms with Crippen LogP contribution in [0.5, 0.6) is 0 Å². The molecule has 0 saturated carbocycles. The normalized spacial score (nSPS) is 13.0. The summed E-state index contributed by atoms with van der Waals surface area (Å²) in [5, 5.41) is 0.453. The summed E-state index contributed by atoms with van der Waals surface area (Å²) in [5.41, 5.74) is 11.5. The first-order valence-electron chi connectivity index (χ1n) is 3.55. The summed E-state index contributed by atoms with van der Waals surface area (Å²) in [6.45, 7) is 0.253. The molecule has 1 aromatic rings. The predicted octanol–water partition coefficient (Wildman–Crippen LogP) is 1.44. The van der Waals surface area contributed by atoms with Crippen LogP contribution in [0.3, 0.4) is 0 Å². The van der Waals surface area contributed by atoms with Gasteiger partial charge in [0.2, 0.25) is 0 Å². The molecule has 0 bridgehead atoms. The van der Waals surface area contributed by atoms with Gasteiger partial charge in [-0.05, 0) is 23.8 Å². The summed E-state index contributed by atoms with van der Waals surface area (Å²) in [6, 6.07) is 3.67. The first-order valence-corrected chi connectivity index (χ1v) is 3.93. The Morgan fingerprint density at radius 3 is 2.75 bits per heavy atom. The van der Waals surface area contributed by atoms with Crippen molar-refractivity contribution in [2.75, 3.05) is 6.54 Å². The molecule has 1 atom stereocenters. The molecule has 0 radical (unpaired) electrons. The number of benzene rings is 1. The number of rotatable bonds is 2. The Hall–Kier alpha value is -0.640. The van der Waals surface area contributed by atoms with Crippen molar-refractivity contribution in [2.45, 2.75) is 6.04 Å². The van der Waals surface area contributed by atoms with Gasteiger partial charge in [-0.3, -0.25) is 0 Å². The number of hydrogen-bond acceptors (Lipinski definition) is 2. The van der Waals surface area contributed by atoms with Crippen molar-refractivity contribution in [2.24, 2.45) is 11.5 Å². The van der Waals surface area contributed by atoms with Crippen molar-refractivity contribution in [1.82, 2.24) is 0 Å². The SMILES string of the molecule is NCC(N)c1cc(F)ccc1Cl. The molecule has 0 aromatic heterocycles. The summed E-state index contributed by atoms with van der Waals surface area (Å²) in [4.78, 5) is 0. The Labute approximate surface area is 75.3 Å². The van der Waals surface area contributed by atoms with Crippen LogP contribution >= 0.6 is 11.6 Å². The van der Waals surface area contributed by atoms with Gasteiger partial charge in [-0.25, -0.2) is 4.39 Å². The molecule has 0 amide bonds. The quantitative estimate of drug-likeness (QED) is 0.738. The molecule has 12 heavy (non-hydrogen) atoms. The number of nitrogens with two attached hydrogens (primary N) is 2. The summed E-state index contributed by atoms with van der Waals surface area (Å²) < 4.78 is 12.7. The van der Waals surface area contributed by atoms with Crippen molar-refractivity contribution in [3.8, 4) is 0 Å². The van der Waals surface area contributed by atoms with Crippen LogP contribution in [0, 0.1) is 5.82 Å². The minimum atomic E-state index is -0.395. The molecule has 0 heterocycles. The van der Waals surface area contributed by atoms with Crippen LogP contribution in [0.2, 0.25) is 5.02 Å². The van der Waals surface area contributed by atoms with Crippen LogP contribution in [0.4, 0.5) is 4.39 Å². The fourth-order valence-electron chi connectivity index (χ4n) is 0.926. The molecule has 1 unspecified atom stereocenters. The minimum absolute atomic E-state index is 0.253. The van der Waals surface area contributed by atoms with E-state index in [9.17, 15) is 4.39 Å². The van der Waals surface area contributed by atoms with Gasteiger partial charge < -0.3 is 11.5 Å². The van der Waals surface area contributed by atoms with Crippen LogP contribution in [-0.4, -0.2) is 6.54 Å². The van der Waals surface area contributed by atoms with Gasteiger partial charge in [-0.15, -0.1) is 0 Å². The highest BCUT2D eigenvalue weighted by molar-refractivity contribution is 6.31. The molecule has 4 N–H and O–H groups in total. The molecule has 4 heteroatoms. The van der Waals surface area contributed by atoms with E-state index < -0.39 is 6.04 Å². The van der Waals surface area contributed by atoms with Crippen LogP contribution in [0.25, 0.3) is 0 Å². The third kappa shape index (κ3) is 1.94. The van der Waals surface area contributed by atoms with Crippen molar-refractivity contribution in [3.05, 3.63) is 34.6 Å². The Balaban J connectivity index is 3.04. The smallest absolute Gasteiger partial charge is 0.123 e. The maximum Gasteiger partial charge on any atom is 0.123 e. The van der Waals surface area contributed by atoms with E-state index in [1.54, 1.807) is 0 Å². The average Bonchev–Trinajstić information content (AvgIpc) is 2.08. The van der Waals surface area contributed by atoms with E-state index in [2.05, 4.69) is 0 Å². The first-order chi connectivity index (χ1) is 5.65. The fourth-order valence-corrected chi connectivity index (χ4v) is 1.18. The van der Waals surface area contributed by atoms with E-state index in [1.807, 2.05) is 0 Å². The zero-order chi connectivity index (χ0) is 9.14. The lowest BCUT2D eigenvalue weighted by molar-refractivity contribution is 0.620. The van der Waals surface area contributed by atoms with E-state index in [4.69, 9.17) is 23.1 Å². The molecule has 1 rings (SSSR count). The minimum Gasteiger partial charge on any atom is -0.329 e. The van der Waals surface area contributed by atoms with Gasteiger partial charge in [0.15, 0.2) is 0 Å². The van der Waals surface area contributed by atoms with E-state index in [0.29, 0.717) is 10.6 Å². The van der Waals surface area contributed by atoms with Crippen LogP contribution in [0.1, 0.15) is 11.6 Å². The van der Waals surface area contributed by atoms with Gasteiger partial charge >= 0.3 is 0 Å². The molecule has 0 aliphatic rings. The lowest BCUT2D eigenvalue weighted by Gasteiger charge is -2.10. The molecule has 0 spiro atoms. The molecule has 0 aliphatic heterocycles. The van der Waals surface area contributed by atoms with Gasteiger partial charge in [0.05, 0.1) is 0 Å². The Morgan fingerprint density at radius 1 is 1.50 bits per heavy atom. The highest BCUT2D eigenvalue weighted by Crippen LogP contribution is 2.21. The Kier molecular flexibility index (Phi) is 3.03. The molecular formula is C8H10ClFN2. The van der Waals surface area contributed by atoms with Crippen LogP contribution < -0.4 is 11.5 Å². The fraction of sp³-hybridized carbons (Fsp3) is 0.250. The molecule has 0 saturated heterocycles. The highest BCUT2D eigenvalue weighted by Gasteiger charge is 2.08. The zero-order valence-electron chi connectivity index (χ0n) is 6.43. The summed E-state index contributed by atoms with van der Waals surface area (Å²) in [5.74, 6) is -0.349. The second kappa shape index (κ2) is 3.85. The van der Waals surface area contributed by atoms with Crippen molar-refractivity contribution >= 4 is 11.6 Å². The maximum atomic E-state index is 12.7.